The largest absolute Gasteiger partial charge is 0.135 e. The molecule has 0 amide bonds. The Labute approximate surface area is 229 Å². The highest BCUT2D eigenvalue weighted by atomic mass is 32.1. The van der Waals surface area contributed by atoms with Crippen LogP contribution in [0.3, 0.4) is 0 Å². The molecule has 0 nitrogen and oxygen atoms in total. The molecule has 6 aromatic rings. The topological polar surface area (TPSA) is 0 Å². The maximum atomic E-state index is 2.42. The Morgan fingerprint density at radius 1 is 0.568 bits per heavy atom. The molecule has 37 heavy (non-hydrogen) atoms. The van der Waals surface area contributed by atoms with Gasteiger partial charge in [0.1, 0.15) is 0 Å². The number of aryl methyl sites for hydroxylation is 2. The van der Waals surface area contributed by atoms with Crippen LogP contribution in [0.5, 0.6) is 0 Å². The summed E-state index contributed by atoms with van der Waals surface area (Å²) in [5.74, 6) is 1.64. The van der Waals surface area contributed by atoms with Gasteiger partial charge in [0.15, 0.2) is 0 Å². The van der Waals surface area contributed by atoms with Crippen molar-refractivity contribution < 1.29 is 0 Å². The zero-order valence-electron chi connectivity index (χ0n) is 22.4. The van der Waals surface area contributed by atoms with E-state index in [0.717, 1.165) is 11.8 Å². The minimum Gasteiger partial charge on any atom is -0.135 e. The first-order chi connectivity index (χ1) is 17.9. The smallest absolute Gasteiger partial charge is 0.0362 e. The van der Waals surface area contributed by atoms with E-state index in [0.29, 0.717) is 0 Å². The lowest BCUT2D eigenvalue weighted by Crippen LogP contribution is -1.99. The van der Waals surface area contributed by atoms with Gasteiger partial charge < -0.3 is 0 Å². The molecule has 0 N–H and O–H groups in total. The van der Waals surface area contributed by atoms with Gasteiger partial charge in [0.05, 0.1) is 0 Å². The minimum absolute atomic E-state index is 0.811. The average Bonchev–Trinajstić information content (AvgIpc) is 3.42. The van der Waals surface area contributed by atoms with Crippen LogP contribution in [0.15, 0.2) is 72.8 Å². The summed E-state index contributed by atoms with van der Waals surface area (Å²) < 4.78 is 5.55. The second kappa shape index (κ2) is 10.2. The fourth-order valence-corrected chi connectivity index (χ4v) is 8.02. The van der Waals surface area contributed by atoms with Crippen LogP contribution in [-0.2, 0) is 6.42 Å². The first-order valence-electron chi connectivity index (χ1n) is 13.8. The molecule has 0 saturated heterocycles. The molecule has 0 spiro atoms. The molecule has 0 radical (unpaired) electrons. The molecule has 0 aliphatic carbocycles. The normalized spacial score (nSPS) is 13.0. The zero-order chi connectivity index (χ0) is 25.5. The van der Waals surface area contributed by atoms with Gasteiger partial charge in [0, 0.05) is 40.3 Å². The summed E-state index contributed by atoms with van der Waals surface area (Å²) in [6.45, 7) is 9.25. The van der Waals surface area contributed by atoms with Crippen LogP contribution in [0.2, 0.25) is 0 Å². The van der Waals surface area contributed by atoms with Gasteiger partial charge in [-0.05, 0) is 78.1 Å². The monoisotopic (exact) mass is 520 g/mol. The molecule has 6 rings (SSSR count). The lowest BCUT2D eigenvalue weighted by molar-refractivity contribution is 0.437. The molecule has 188 valence electrons. The third kappa shape index (κ3) is 5.07. The van der Waals surface area contributed by atoms with Crippen molar-refractivity contribution in [2.45, 2.75) is 59.8 Å². The number of hydrogen-bond acceptors (Lipinski definition) is 2. The van der Waals surface area contributed by atoms with Gasteiger partial charge in [-0.3, -0.25) is 0 Å². The van der Waals surface area contributed by atoms with Crippen molar-refractivity contribution in [2.24, 2.45) is 11.8 Å². The molecule has 2 heterocycles. The van der Waals surface area contributed by atoms with Crippen molar-refractivity contribution in [3.8, 4) is 11.1 Å². The highest BCUT2D eigenvalue weighted by molar-refractivity contribution is 7.27. The summed E-state index contributed by atoms with van der Waals surface area (Å²) in [5.41, 5.74) is 5.43. The van der Waals surface area contributed by atoms with Crippen LogP contribution in [0.25, 0.3) is 51.5 Å². The summed E-state index contributed by atoms with van der Waals surface area (Å²) in [4.78, 5) is 0. The van der Waals surface area contributed by atoms with Crippen molar-refractivity contribution in [3.05, 3.63) is 83.9 Å². The van der Waals surface area contributed by atoms with E-state index in [1.54, 1.807) is 0 Å². The van der Waals surface area contributed by atoms with Crippen molar-refractivity contribution in [1.29, 1.82) is 0 Å². The van der Waals surface area contributed by atoms with Crippen molar-refractivity contribution in [1.82, 2.24) is 0 Å². The lowest BCUT2D eigenvalue weighted by Gasteiger charge is -2.12. The van der Waals surface area contributed by atoms with E-state index in [1.165, 1.54) is 94.7 Å². The standard InChI is InChI=1S/C35H36S2/c1-22(2)6-5-7-23(3)8-10-25-11-13-26(14-12-25)27-15-17-29-31-21-34-30(20-35(31)37-33(29)19-27)28-16-9-24(4)18-32(28)36-34/h9,11-23H,5-8,10H2,1-4H3. The molecule has 0 saturated carbocycles. The maximum absolute atomic E-state index is 2.42. The molecule has 2 aromatic heterocycles. The highest BCUT2D eigenvalue weighted by Crippen LogP contribution is 2.42. The summed E-state index contributed by atoms with van der Waals surface area (Å²) in [6.07, 6.45) is 6.56. The van der Waals surface area contributed by atoms with E-state index in [-0.39, 0.29) is 0 Å². The van der Waals surface area contributed by atoms with Crippen molar-refractivity contribution in [2.75, 3.05) is 0 Å². The van der Waals surface area contributed by atoms with Crippen LogP contribution in [0.1, 0.15) is 57.6 Å². The van der Waals surface area contributed by atoms with Crippen LogP contribution in [0, 0.1) is 18.8 Å². The van der Waals surface area contributed by atoms with Crippen LogP contribution >= 0.6 is 22.7 Å². The predicted octanol–water partition coefficient (Wildman–Crippen LogP) is 11.8. The second-order valence-electron chi connectivity index (χ2n) is 11.4. The summed E-state index contributed by atoms with van der Waals surface area (Å²) >= 11 is 3.85. The number of rotatable bonds is 8. The Balaban J connectivity index is 1.22. The zero-order valence-corrected chi connectivity index (χ0v) is 24.1. The Morgan fingerprint density at radius 3 is 1.84 bits per heavy atom. The van der Waals surface area contributed by atoms with Gasteiger partial charge >= 0.3 is 0 Å². The van der Waals surface area contributed by atoms with Crippen molar-refractivity contribution >= 4 is 63.0 Å². The Hall–Kier alpha value is -2.68. The summed E-state index contributed by atoms with van der Waals surface area (Å²) in [5, 5.41) is 5.54. The lowest BCUT2D eigenvalue weighted by atomic mass is 9.93. The fraction of sp³-hybridized carbons (Fsp3) is 0.314. The minimum atomic E-state index is 0.811. The molecule has 0 fully saturated rings. The third-order valence-corrected chi connectivity index (χ3v) is 10.1. The molecular formula is C35H36S2. The predicted molar refractivity (Wildman–Crippen MR) is 169 cm³/mol. The van der Waals surface area contributed by atoms with E-state index in [9.17, 15) is 0 Å². The molecule has 0 aliphatic rings. The Bertz CT molecular complexity index is 1690. The molecule has 0 aliphatic heterocycles. The van der Waals surface area contributed by atoms with Gasteiger partial charge in [-0.1, -0.05) is 88.6 Å². The average molecular weight is 521 g/mol. The quantitative estimate of drug-likeness (QED) is 0.187. The molecule has 2 heteroatoms. The number of thiophene rings is 2. The number of benzene rings is 4. The van der Waals surface area contributed by atoms with Gasteiger partial charge in [0.2, 0.25) is 0 Å². The third-order valence-electron chi connectivity index (χ3n) is 7.91. The SMILES string of the molecule is Cc1ccc2c(c1)sc1cc3c(cc12)sc1cc(-c2ccc(CCC(C)CCCC(C)C)cc2)ccc13. The highest BCUT2D eigenvalue weighted by Gasteiger charge is 2.12. The van der Waals surface area contributed by atoms with Gasteiger partial charge in [-0.2, -0.15) is 0 Å². The molecular weight excluding hydrogens is 485 g/mol. The van der Waals surface area contributed by atoms with E-state index < -0.39 is 0 Å². The van der Waals surface area contributed by atoms with E-state index in [1.807, 2.05) is 22.7 Å². The first kappa shape index (κ1) is 24.6. The number of hydrogen-bond donors (Lipinski definition) is 0. The van der Waals surface area contributed by atoms with Gasteiger partial charge in [0.25, 0.3) is 0 Å². The maximum Gasteiger partial charge on any atom is 0.0362 e. The summed E-state index contributed by atoms with van der Waals surface area (Å²) in [7, 11) is 0. The number of fused-ring (bicyclic) bond motifs is 6. The Kier molecular flexibility index (Phi) is 6.82. The van der Waals surface area contributed by atoms with E-state index in [2.05, 4.69) is 100 Å². The molecule has 1 unspecified atom stereocenters. The molecule has 1 atom stereocenters. The van der Waals surface area contributed by atoms with Gasteiger partial charge in [-0.25, -0.2) is 0 Å². The van der Waals surface area contributed by atoms with Crippen LogP contribution in [-0.4, -0.2) is 0 Å². The van der Waals surface area contributed by atoms with Crippen LogP contribution < -0.4 is 0 Å². The van der Waals surface area contributed by atoms with E-state index >= 15 is 0 Å². The first-order valence-corrected chi connectivity index (χ1v) is 15.5. The summed E-state index contributed by atoms with van der Waals surface area (Å²) in [6, 6.07) is 28.0. The fourth-order valence-electron chi connectivity index (χ4n) is 5.63. The van der Waals surface area contributed by atoms with Crippen LogP contribution in [0.4, 0.5) is 0 Å². The van der Waals surface area contributed by atoms with E-state index in [4.69, 9.17) is 0 Å². The Morgan fingerprint density at radius 2 is 1.16 bits per heavy atom. The molecule has 0 bridgehead atoms. The van der Waals surface area contributed by atoms with Gasteiger partial charge in [-0.15, -0.1) is 22.7 Å². The molecule has 4 aromatic carbocycles. The second-order valence-corrected chi connectivity index (χ2v) is 13.6. The van der Waals surface area contributed by atoms with Crippen molar-refractivity contribution in [3.63, 3.8) is 0 Å².